The number of halogens is 1. The third-order valence-electron chi connectivity index (χ3n) is 6.73. The van der Waals surface area contributed by atoms with Crippen molar-refractivity contribution in [2.75, 3.05) is 0 Å². The van der Waals surface area contributed by atoms with Gasteiger partial charge in [-0.15, -0.1) is 0 Å². The molecule has 0 N–H and O–H groups in total. The largest absolute Gasteiger partial charge is 0.460 e. The van der Waals surface area contributed by atoms with Gasteiger partial charge in [-0.05, 0) is 71.2 Å². The average molecular weight is 518 g/mol. The van der Waals surface area contributed by atoms with E-state index in [2.05, 4.69) is 18.2 Å². The molecule has 2 aliphatic rings. The molecule has 1 aromatic heterocycles. The number of nitrogens with zero attached hydrogens (tertiary/aromatic N) is 1. The molecule has 2 fully saturated rings. The first-order valence-corrected chi connectivity index (χ1v) is 13.4. The molecule has 1 saturated carbocycles. The predicted octanol–water partition coefficient (Wildman–Crippen LogP) is 7.57. The van der Waals surface area contributed by atoms with E-state index >= 15 is 0 Å². The second-order valence-electron chi connectivity index (χ2n) is 11.8. The highest BCUT2D eigenvalue weighted by Crippen LogP contribution is 2.45. The van der Waals surface area contributed by atoms with Crippen LogP contribution in [0.4, 0.5) is 4.39 Å². The monoisotopic (exact) mass is 517 g/mol. The van der Waals surface area contributed by atoms with Gasteiger partial charge in [0.1, 0.15) is 11.4 Å². The van der Waals surface area contributed by atoms with Gasteiger partial charge < -0.3 is 14.2 Å². The van der Waals surface area contributed by atoms with E-state index in [4.69, 9.17) is 19.2 Å². The second kappa shape index (κ2) is 10.2. The number of fused-ring (bicyclic) bond motifs is 1. The van der Waals surface area contributed by atoms with Gasteiger partial charge in [-0.2, -0.15) is 0 Å². The van der Waals surface area contributed by atoms with Gasteiger partial charge in [0, 0.05) is 28.9 Å². The number of pyridine rings is 1. The molecule has 0 spiro atoms. The Labute approximate surface area is 224 Å². The molecule has 2 unspecified atom stereocenters. The maximum absolute atomic E-state index is 13.8. The summed E-state index contributed by atoms with van der Waals surface area (Å²) in [6.45, 7) is 9.31. The number of carbonyl (C=O) groups is 1. The lowest BCUT2D eigenvalue weighted by molar-refractivity contribution is -0.290. The minimum absolute atomic E-state index is 0.167. The van der Waals surface area contributed by atoms with Crippen LogP contribution in [0.25, 0.3) is 28.1 Å². The lowest BCUT2D eigenvalue weighted by Crippen LogP contribution is -2.45. The molecule has 0 radical (unpaired) electrons. The molecule has 0 amide bonds. The van der Waals surface area contributed by atoms with Crippen LogP contribution in [0.3, 0.4) is 0 Å². The number of aromatic nitrogens is 1. The number of hydrogen-bond acceptors (Lipinski definition) is 5. The molecule has 3 aromatic rings. The molecule has 2 aromatic carbocycles. The van der Waals surface area contributed by atoms with Gasteiger partial charge in [-0.25, -0.2) is 4.39 Å². The Bertz CT molecular complexity index is 1350. The van der Waals surface area contributed by atoms with Crippen LogP contribution in [0, 0.1) is 5.82 Å². The number of benzene rings is 2. The maximum atomic E-state index is 13.8. The highest BCUT2D eigenvalue weighted by Gasteiger charge is 2.36. The first kappa shape index (κ1) is 26.5. The summed E-state index contributed by atoms with van der Waals surface area (Å²) in [6, 6.07) is 14.8. The fraction of sp³-hybridized carbons (Fsp3) is 0.438. The Morgan fingerprint density at radius 2 is 1.82 bits per heavy atom. The molecule has 1 aliphatic heterocycles. The zero-order chi connectivity index (χ0) is 27.1. The van der Waals surface area contributed by atoms with E-state index in [0.29, 0.717) is 12.3 Å². The van der Waals surface area contributed by atoms with Gasteiger partial charge in [-0.1, -0.05) is 42.5 Å². The van der Waals surface area contributed by atoms with Crippen LogP contribution in [0.1, 0.15) is 77.5 Å². The SMILES string of the molecule is CC(C)(C)OC(=O)CC1CC(/C=C/c2c(C3CC3)nc3ccccc3c2-c2ccc(F)cc2)OC(C)(C)O1. The lowest BCUT2D eigenvalue weighted by atomic mass is 9.92. The summed E-state index contributed by atoms with van der Waals surface area (Å²) < 4.78 is 31.7. The number of para-hydroxylation sites is 1. The van der Waals surface area contributed by atoms with Gasteiger partial charge in [0.15, 0.2) is 5.79 Å². The number of carbonyl (C=O) groups excluding carboxylic acids is 1. The molecule has 2 heterocycles. The van der Waals surface area contributed by atoms with Gasteiger partial charge in [0.25, 0.3) is 0 Å². The Morgan fingerprint density at radius 1 is 1.11 bits per heavy atom. The summed E-state index contributed by atoms with van der Waals surface area (Å²) in [4.78, 5) is 17.6. The van der Waals surface area contributed by atoms with Crippen molar-refractivity contribution in [1.29, 1.82) is 0 Å². The summed E-state index contributed by atoms with van der Waals surface area (Å²) in [5.74, 6) is -0.983. The van der Waals surface area contributed by atoms with E-state index in [1.807, 2.05) is 65.0 Å². The van der Waals surface area contributed by atoms with Crippen LogP contribution in [0.5, 0.6) is 0 Å². The van der Waals surface area contributed by atoms with Crippen molar-refractivity contribution in [3.63, 3.8) is 0 Å². The van der Waals surface area contributed by atoms with Gasteiger partial charge >= 0.3 is 5.97 Å². The van der Waals surface area contributed by atoms with Crippen LogP contribution >= 0.6 is 0 Å². The Morgan fingerprint density at radius 3 is 2.50 bits per heavy atom. The minimum Gasteiger partial charge on any atom is -0.460 e. The summed E-state index contributed by atoms with van der Waals surface area (Å²) in [5.41, 5.74) is 4.49. The van der Waals surface area contributed by atoms with Gasteiger partial charge in [0.2, 0.25) is 0 Å². The highest BCUT2D eigenvalue weighted by atomic mass is 19.1. The smallest absolute Gasteiger partial charge is 0.308 e. The third-order valence-corrected chi connectivity index (χ3v) is 6.73. The quantitative estimate of drug-likeness (QED) is 0.316. The van der Waals surface area contributed by atoms with E-state index in [1.54, 1.807) is 0 Å². The van der Waals surface area contributed by atoms with Gasteiger partial charge in [-0.3, -0.25) is 9.78 Å². The van der Waals surface area contributed by atoms with Crippen molar-refractivity contribution in [1.82, 2.24) is 4.98 Å². The van der Waals surface area contributed by atoms with Crippen molar-refractivity contribution in [2.24, 2.45) is 0 Å². The Balaban J connectivity index is 1.51. The first-order valence-electron chi connectivity index (χ1n) is 13.4. The van der Waals surface area contributed by atoms with Crippen molar-refractivity contribution in [3.8, 4) is 11.1 Å². The minimum atomic E-state index is -0.847. The standard InChI is InChI=1S/C32H36FNO4/c1-31(2,3)38-28(35)19-24-18-23(36-32(4,5)37-24)16-17-26-29(20-12-14-22(33)15-13-20)25-8-6-7-9-27(25)34-30(26)21-10-11-21/h6-9,12-17,21,23-24H,10-11,18-19H2,1-5H3/b17-16+. The molecule has 1 aliphatic carbocycles. The van der Waals surface area contributed by atoms with E-state index in [9.17, 15) is 9.18 Å². The normalized spacial score (nSPS) is 21.6. The third kappa shape index (κ3) is 6.30. The van der Waals surface area contributed by atoms with E-state index < -0.39 is 11.4 Å². The number of rotatable bonds is 6. The summed E-state index contributed by atoms with van der Waals surface area (Å²) in [5, 5.41) is 1.03. The zero-order valence-electron chi connectivity index (χ0n) is 22.8. The summed E-state index contributed by atoms with van der Waals surface area (Å²) >= 11 is 0. The second-order valence-corrected chi connectivity index (χ2v) is 11.8. The molecule has 5 nitrogen and oxygen atoms in total. The van der Waals surface area contributed by atoms with Crippen molar-refractivity contribution >= 4 is 22.9 Å². The van der Waals surface area contributed by atoms with Crippen LogP contribution in [-0.4, -0.2) is 34.5 Å². The molecule has 200 valence electrons. The van der Waals surface area contributed by atoms with Crippen molar-refractivity contribution in [2.45, 2.75) is 89.8 Å². The fourth-order valence-corrected chi connectivity index (χ4v) is 5.17. The van der Waals surface area contributed by atoms with Crippen molar-refractivity contribution < 1.29 is 23.4 Å². The van der Waals surface area contributed by atoms with E-state index in [-0.39, 0.29) is 30.4 Å². The van der Waals surface area contributed by atoms with Crippen LogP contribution < -0.4 is 0 Å². The van der Waals surface area contributed by atoms with Crippen LogP contribution in [-0.2, 0) is 19.0 Å². The molecule has 38 heavy (non-hydrogen) atoms. The lowest BCUT2D eigenvalue weighted by Gasteiger charge is -2.39. The fourth-order valence-electron chi connectivity index (χ4n) is 5.17. The maximum Gasteiger partial charge on any atom is 0.308 e. The van der Waals surface area contributed by atoms with E-state index in [0.717, 1.165) is 46.1 Å². The van der Waals surface area contributed by atoms with Crippen LogP contribution in [0.2, 0.25) is 0 Å². The Hall–Kier alpha value is -3.09. The molecular weight excluding hydrogens is 481 g/mol. The summed E-state index contributed by atoms with van der Waals surface area (Å²) in [6.07, 6.45) is 6.48. The summed E-state index contributed by atoms with van der Waals surface area (Å²) in [7, 11) is 0. The number of ether oxygens (including phenoxy) is 3. The van der Waals surface area contributed by atoms with Crippen LogP contribution in [0.15, 0.2) is 54.6 Å². The molecular formula is C32H36FNO4. The van der Waals surface area contributed by atoms with Gasteiger partial charge in [0.05, 0.1) is 29.8 Å². The van der Waals surface area contributed by atoms with E-state index in [1.165, 1.54) is 12.1 Å². The number of hydrogen-bond donors (Lipinski definition) is 0. The molecule has 1 saturated heterocycles. The molecule has 5 rings (SSSR count). The molecule has 2 atom stereocenters. The zero-order valence-corrected chi connectivity index (χ0v) is 22.8. The molecule has 0 bridgehead atoms. The predicted molar refractivity (Wildman–Crippen MR) is 147 cm³/mol. The topological polar surface area (TPSA) is 57.7 Å². The number of esters is 1. The average Bonchev–Trinajstić information content (AvgIpc) is 3.66. The Kier molecular flexibility index (Phi) is 7.14. The first-order chi connectivity index (χ1) is 18.0. The highest BCUT2D eigenvalue weighted by molar-refractivity contribution is 5.99. The van der Waals surface area contributed by atoms with Crippen molar-refractivity contribution in [3.05, 3.63) is 71.7 Å². The molecule has 6 heteroatoms.